The van der Waals surface area contributed by atoms with Crippen LogP contribution in [0.1, 0.15) is 56.3 Å². The maximum absolute atomic E-state index is 13.5. The zero-order valence-corrected chi connectivity index (χ0v) is 20.4. The molecule has 6 heteroatoms. The van der Waals surface area contributed by atoms with Crippen molar-refractivity contribution >= 4 is 11.8 Å². The van der Waals surface area contributed by atoms with Gasteiger partial charge in [0, 0.05) is 18.9 Å². The first-order valence-corrected chi connectivity index (χ1v) is 12.0. The molecule has 2 aliphatic heterocycles. The van der Waals surface area contributed by atoms with Gasteiger partial charge in [0.1, 0.15) is 11.5 Å². The fourth-order valence-corrected chi connectivity index (χ4v) is 5.43. The molecule has 0 bridgehead atoms. The molecule has 4 rings (SSSR count). The number of methoxy groups -OCH3 is 2. The van der Waals surface area contributed by atoms with Crippen LogP contribution in [0.25, 0.3) is 0 Å². The first-order valence-electron chi connectivity index (χ1n) is 12.0. The molecule has 2 aromatic carbocycles. The number of carbonyl (C=O) groups is 2. The number of benzene rings is 2. The molecule has 6 nitrogen and oxygen atoms in total. The minimum Gasteiger partial charge on any atom is -0.497 e. The molecule has 0 unspecified atom stereocenters. The molecular formula is C28H34N2O4. The average molecular weight is 463 g/mol. The quantitative estimate of drug-likeness (QED) is 0.661. The Hall–Kier alpha value is -3.28. The predicted octanol–water partition coefficient (Wildman–Crippen LogP) is 4.83. The van der Waals surface area contributed by atoms with Gasteiger partial charge in [-0.2, -0.15) is 0 Å². The Morgan fingerprint density at radius 3 is 2.26 bits per heavy atom. The van der Waals surface area contributed by atoms with Gasteiger partial charge in [-0.25, -0.2) is 0 Å². The van der Waals surface area contributed by atoms with Crippen molar-refractivity contribution in [1.82, 2.24) is 10.2 Å². The Balaban J connectivity index is 1.64. The van der Waals surface area contributed by atoms with Crippen molar-refractivity contribution in [3.63, 3.8) is 0 Å². The molecule has 1 fully saturated rings. The second kappa shape index (κ2) is 10.3. The van der Waals surface area contributed by atoms with E-state index in [1.807, 2.05) is 65.6 Å². The van der Waals surface area contributed by atoms with Gasteiger partial charge in [0.05, 0.1) is 26.3 Å². The van der Waals surface area contributed by atoms with E-state index in [-0.39, 0.29) is 48.2 Å². The maximum atomic E-state index is 13.5. The lowest BCUT2D eigenvalue weighted by molar-refractivity contribution is -0.134. The smallest absolute Gasteiger partial charge is 0.227 e. The Kier molecular flexibility index (Phi) is 7.25. The summed E-state index contributed by atoms with van der Waals surface area (Å²) in [5.41, 5.74) is 2.03. The van der Waals surface area contributed by atoms with Gasteiger partial charge in [-0.05, 0) is 53.6 Å². The van der Waals surface area contributed by atoms with E-state index in [1.165, 1.54) is 0 Å². The fraction of sp³-hybridized carbons (Fsp3) is 0.429. The molecule has 1 N–H and O–H groups in total. The van der Waals surface area contributed by atoms with E-state index in [1.54, 1.807) is 14.2 Å². The lowest BCUT2D eigenvalue weighted by Gasteiger charge is -2.32. The highest BCUT2D eigenvalue weighted by Gasteiger charge is 2.43. The van der Waals surface area contributed by atoms with E-state index in [9.17, 15) is 9.59 Å². The summed E-state index contributed by atoms with van der Waals surface area (Å²) in [5, 5.41) is 3.24. The van der Waals surface area contributed by atoms with E-state index in [0.717, 1.165) is 29.0 Å². The molecule has 0 spiro atoms. The summed E-state index contributed by atoms with van der Waals surface area (Å²) in [6.07, 6.45) is 5.35. The monoisotopic (exact) mass is 462 g/mol. The van der Waals surface area contributed by atoms with Gasteiger partial charge in [0.15, 0.2) is 0 Å². The molecule has 0 radical (unpaired) electrons. The van der Waals surface area contributed by atoms with Crippen LogP contribution in [0.3, 0.4) is 0 Å². The molecule has 34 heavy (non-hydrogen) atoms. The predicted molar refractivity (Wildman–Crippen MR) is 132 cm³/mol. The summed E-state index contributed by atoms with van der Waals surface area (Å²) < 4.78 is 10.8. The molecule has 2 heterocycles. The number of hydrogen-bond acceptors (Lipinski definition) is 4. The Labute approximate surface area is 201 Å². The second-order valence-electron chi connectivity index (χ2n) is 9.41. The molecule has 5 atom stereocenters. The molecule has 2 aliphatic rings. The van der Waals surface area contributed by atoms with E-state index in [4.69, 9.17) is 9.47 Å². The molecule has 0 saturated carbocycles. The number of hydrogen-bond donors (Lipinski definition) is 1. The Morgan fingerprint density at radius 2 is 1.59 bits per heavy atom. The molecule has 0 aromatic heterocycles. The minimum absolute atomic E-state index is 0.0184. The van der Waals surface area contributed by atoms with Crippen molar-refractivity contribution in [2.75, 3.05) is 14.2 Å². The highest BCUT2D eigenvalue weighted by atomic mass is 16.5. The van der Waals surface area contributed by atoms with Crippen LogP contribution in [0, 0.1) is 11.8 Å². The second-order valence-corrected chi connectivity index (χ2v) is 9.41. The highest BCUT2D eigenvalue weighted by Crippen LogP contribution is 2.43. The normalized spacial score (nSPS) is 28.5. The van der Waals surface area contributed by atoms with Crippen LogP contribution in [0.15, 0.2) is 60.7 Å². The molecule has 0 aliphatic carbocycles. The number of carbonyl (C=O) groups excluding carboxylic acids is 2. The van der Waals surface area contributed by atoms with Gasteiger partial charge >= 0.3 is 0 Å². The fourth-order valence-electron chi connectivity index (χ4n) is 5.43. The van der Waals surface area contributed by atoms with Gasteiger partial charge in [-0.1, -0.05) is 50.3 Å². The van der Waals surface area contributed by atoms with E-state index >= 15 is 0 Å². The van der Waals surface area contributed by atoms with Crippen LogP contribution in [0.4, 0.5) is 0 Å². The van der Waals surface area contributed by atoms with Crippen LogP contribution < -0.4 is 14.8 Å². The summed E-state index contributed by atoms with van der Waals surface area (Å²) >= 11 is 0. The lowest BCUT2D eigenvalue weighted by atomic mass is 9.92. The Bertz CT molecular complexity index is 1070. The van der Waals surface area contributed by atoms with E-state index in [2.05, 4.69) is 19.2 Å². The van der Waals surface area contributed by atoms with Gasteiger partial charge in [0.25, 0.3) is 0 Å². The summed E-state index contributed by atoms with van der Waals surface area (Å²) in [5.74, 6) is 1.78. The summed E-state index contributed by atoms with van der Waals surface area (Å²) in [7, 11) is 3.28. The van der Waals surface area contributed by atoms with Crippen molar-refractivity contribution in [2.45, 2.75) is 51.2 Å². The van der Waals surface area contributed by atoms with Crippen molar-refractivity contribution < 1.29 is 19.1 Å². The SMILES string of the molecule is COc1cccc([C@H]2NC(=O)C[C@@H]3C[C@@H](C)[C@@H](c4cccc(OC)c4)N3C(=O)C/C=C/[C@H]2C)c1. The number of ether oxygens (including phenoxy) is 2. The molecule has 2 aromatic rings. The largest absolute Gasteiger partial charge is 0.497 e. The third-order valence-corrected chi connectivity index (χ3v) is 7.05. The number of nitrogens with zero attached hydrogens (tertiary/aromatic N) is 1. The van der Waals surface area contributed by atoms with Gasteiger partial charge in [0.2, 0.25) is 11.8 Å². The summed E-state index contributed by atoms with van der Waals surface area (Å²) in [6.45, 7) is 4.22. The van der Waals surface area contributed by atoms with Crippen LogP contribution in [-0.4, -0.2) is 37.0 Å². The number of fused-ring (bicyclic) bond motifs is 1. The number of amides is 2. The first kappa shape index (κ1) is 23.9. The first-order chi connectivity index (χ1) is 16.4. The standard InChI is InChI=1S/C28H34N2O4/c1-18-8-5-13-26(32)30-22(14-19(2)28(30)21-10-7-12-24(16-21)34-4)17-25(31)29-27(18)20-9-6-11-23(15-20)33-3/h5-12,15-16,18-19,22,27-28H,13-14,17H2,1-4H3,(H,29,31)/b8-5+/t18-,19-,22+,27+,28+/m1/s1. The number of nitrogens with one attached hydrogen (secondary N) is 1. The van der Waals surface area contributed by atoms with Crippen LogP contribution >= 0.6 is 0 Å². The third-order valence-electron chi connectivity index (χ3n) is 7.05. The average Bonchev–Trinajstić information content (AvgIpc) is 3.16. The van der Waals surface area contributed by atoms with Crippen molar-refractivity contribution in [2.24, 2.45) is 11.8 Å². The van der Waals surface area contributed by atoms with Gasteiger partial charge in [-0.15, -0.1) is 0 Å². The molecular weight excluding hydrogens is 428 g/mol. The van der Waals surface area contributed by atoms with Crippen LogP contribution in [-0.2, 0) is 9.59 Å². The van der Waals surface area contributed by atoms with Crippen molar-refractivity contribution in [1.29, 1.82) is 0 Å². The zero-order chi connectivity index (χ0) is 24.2. The summed E-state index contributed by atoms with van der Waals surface area (Å²) in [4.78, 5) is 28.7. The molecule has 2 amide bonds. The van der Waals surface area contributed by atoms with Crippen LogP contribution in [0.2, 0.25) is 0 Å². The maximum Gasteiger partial charge on any atom is 0.227 e. The van der Waals surface area contributed by atoms with E-state index in [0.29, 0.717) is 6.42 Å². The van der Waals surface area contributed by atoms with Crippen LogP contribution in [0.5, 0.6) is 11.5 Å². The zero-order valence-electron chi connectivity index (χ0n) is 20.4. The third kappa shape index (κ3) is 4.96. The van der Waals surface area contributed by atoms with E-state index < -0.39 is 0 Å². The van der Waals surface area contributed by atoms with Gasteiger partial charge in [-0.3, -0.25) is 9.59 Å². The van der Waals surface area contributed by atoms with Crippen molar-refractivity contribution in [3.05, 3.63) is 71.8 Å². The molecule has 1 saturated heterocycles. The molecule has 180 valence electrons. The van der Waals surface area contributed by atoms with Crippen molar-refractivity contribution in [3.8, 4) is 11.5 Å². The lowest BCUT2D eigenvalue weighted by Crippen LogP contribution is -2.41. The van der Waals surface area contributed by atoms with Gasteiger partial charge < -0.3 is 19.7 Å². The summed E-state index contributed by atoms with van der Waals surface area (Å²) in [6, 6.07) is 15.3. The highest BCUT2D eigenvalue weighted by molar-refractivity contribution is 5.82. The Morgan fingerprint density at radius 1 is 0.941 bits per heavy atom. The minimum atomic E-state index is -0.200. The number of rotatable bonds is 4. The topological polar surface area (TPSA) is 67.9 Å².